The first-order chi connectivity index (χ1) is 6.56. The third kappa shape index (κ3) is 3.77. The monoisotopic (exact) mass is 200 g/mol. The Morgan fingerprint density at radius 3 is 2.21 bits per heavy atom. The molecule has 82 valence electrons. The zero-order chi connectivity index (χ0) is 11.1. The van der Waals surface area contributed by atoms with Crippen molar-refractivity contribution in [2.75, 3.05) is 7.05 Å². The van der Waals surface area contributed by atoms with Crippen LogP contribution >= 0.6 is 0 Å². The molecule has 0 aliphatic heterocycles. The number of amides is 2. The number of likely N-dealkylation sites (N-methyl/N-ethyl adjacent to an activating group) is 1. The molecule has 2 unspecified atom stereocenters. The molecule has 0 bridgehead atoms. The van der Waals surface area contributed by atoms with Crippen LogP contribution in [0.1, 0.15) is 33.6 Å². The fourth-order valence-electron chi connectivity index (χ4n) is 1.13. The van der Waals surface area contributed by atoms with Gasteiger partial charge >= 0.3 is 0 Å². The Morgan fingerprint density at radius 2 is 1.86 bits per heavy atom. The third-order valence-corrected chi connectivity index (χ3v) is 2.38. The van der Waals surface area contributed by atoms with Crippen LogP contribution in [0, 0.1) is 5.92 Å². The van der Waals surface area contributed by atoms with Crippen LogP contribution in [0.25, 0.3) is 0 Å². The van der Waals surface area contributed by atoms with Crippen molar-refractivity contribution < 1.29 is 9.59 Å². The molecule has 0 aliphatic carbocycles. The molecule has 0 aliphatic rings. The topological polar surface area (TPSA) is 58.2 Å². The van der Waals surface area contributed by atoms with Crippen LogP contribution in [0.5, 0.6) is 0 Å². The predicted octanol–water partition coefficient (Wildman–Crippen LogP) is 0.673. The molecule has 0 radical (unpaired) electrons. The molecule has 4 heteroatoms. The highest BCUT2D eigenvalue weighted by atomic mass is 16.2. The number of nitrogens with one attached hydrogen (secondary N) is 2. The Kier molecular flexibility index (Phi) is 5.92. The first-order valence-electron chi connectivity index (χ1n) is 5.07. The smallest absolute Gasteiger partial charge is 0.242 e. The summed E-state index contributed by atoms with van der Waals surface area (Å²) in [6.07, 6.45) is 1.27. The highest BCUT2D eigenvalue weighted by Gasteiger charge is 2.23. The Balaban J connectivity index is 4.39. The molecule has 4 nitrogen and oxygen atoms in total. The van der Waals surface area contributed by atoms with Crippen molar-refractivity contribution in [3.8, 4) is 0 Å². The van der Waals surface area contributed by atoms with Gasteiger partial charge in [0.1, 0.15) is 6.04 Å². The summed E-state index contributed by atoms with van der Waals surface area (Å²) in [5, 5.41) is 5.27. The van der Waals surface area contributed by atoms with E-state index in [1.54, 1.807) is 14.0 Å². The first-order valence-corrected chi connectivity index (χ1v) is 5.07. The van der Waals surface area contributed by atoms with E-state index in [4.69, 9.17) is 0 Å². The van der Waals surface area contributed by atoms with Gasteiger partial charge in [0.2, 0.25) is 11.8 Å². The molecule has 0 spiro atoms. The van der Waals surface area contributed by atoms with E-state index in [1.165, 1.54) is 0 Å². The number of hydrogen-bond acceptors (Lipinski definition) is 2. The van der Waals surface area contributed by atoms with E-state index in [-0.39, 0.29) is 17.7 Å². The van der Waals surface area contributed by atoms with E-state index in [2.05, 4.69) is 10.6 Å². The minimum atomic E-state index is -0.405. The summed E-state index contributed by atoms with van der Waals surface area (Å²) in [5.41, 5.74) is 0. The average Bonchev–Trinajstić information content (AvgIpc) is 2.23. The lowest BCUT2D eigenvalue weighted by Gasteiger charge is -2.22. The fourth-order valence-corrected chi connectivity index (χ4v) is 1.13. The van der Waals surface area contributed by atoms with Crippen molar-refractivity contribution in [1.29, 1.82) is 0 Å². The maximum absolute atomic E-state index is 11.4. The summed E-state index contributed by atoms with van der Waals surface area (Å²) < 4.78 is 0. The minimum Gasteiger partial charge on any atom is -0.357 e. The van der Waals surface area contributed by atoms with Gasteiger partial charge in [-0.25, -0.2) is 0 Å². The van der Waals surface area contributed by atoms with Crippen molar-refractivity contribution >= 4 is 11.8 Å². The quantitative estimate of drug-likeness (QED) is 0.685. The van der Waals surface area contributed by atoms with Gasteiger partial charge in [0.25, 0.3) is 0 Å². The molecule has 0 fully saturated rings. The first kappa shape index (κ1) is 12.9. The van der Waals surface area contributed by atoms with Crippen molar-refractivity contribution in [1.82, 2.24) is 10.6 Å². The molecule has 0 rings (SSSR count). The standard InChI is InChI=1S/C10H20N2O2/c1-5-7(3)9(10(14)11-4)12-8(13)6-2/h7,9H,5-6H2,1-4H3,(H,11,14)(H,12,13). The molecule has 0 aromatic rings. The molecular formula is C10H20N2O2. The number of hydrogen-bond donors (Lipinski definition) is 2. The van der Waals surface area contributed by atoms with Crippen LogP contribution in [0.3, 0.4) is 0 Å². The number of carbonyl (C=O) groups is 2. The van der Waals surface area contributed by atoms with Gasteiger partial charge in [-0.15, -0.1) is 0 Å². The van der Waals surface area contributed by atoms with Gasteiger partial charge in [-0.3, -0.25) is 9.59 Å². The van der Waals surface area contributed by atoms with Crippen LogP contribution < -0.4 is 10.6 Å². The second kappa shape index (κ2) is 6.40. The van der Waals surface area contributed by atoms with Gasteiger partial charge < -0.3 is 10.6 Å². The van der Waals surface area contributed by atoms with Crippen molar-refractivity contribution in [2.45, 2.75) is 39.7 Å². The maximum atomic E-state index is 11.4. The van der Waals surface area contributed by atoms with Crippen LogP contribution in [-0.2, 0) is 9.59 Å². The second-order valence-corrected chi connectivity index (χ2v) is 3.40. The van der Waals surface area contributed by atoms with Gasteiger partial charge in [0.05, 0.1) is 0 Å². The van der Waals surface area contributed by atoms with Crippen LogP contribution in [-0.4, -0.2) is 24.9 Å². The van der Waals surface area contributed by atoms with Crippen LogP contribution in [0.15, 0.2) is 0 Å². The zero-order valence-electron chi connectivity index (χ0n) is 9.39. The van der Waals surface area contributed by atoms with E-state index in [0.29, 0.717) is 6.42 Å². The van der Waals surface area contributed by atoms with E-state index in [9.17, 15) is 9.59 Å². The summed E-state index contributed by atoms with van der Waals surface area (Å²) >= 11 is 0. The summed E-state index contributed by atoms with van der Waals surface area (Å²) in [5.74, 6) is -0.0505. The number of rotatable bonds is 5. The lowest BCUT2D eigenvalue weighted by molar-refractivity contribution is -0.129. The summed E-state index contributed by atoms with van der Waals surface area (Å²) in [6.45, 7) is 5.72. The third-order valence-electron chi connectivity index (χ3n) is 2.38. The molecule has 14 heavy (non-hydrogen) atoms. The predicted molar refractivity (Wildman–Crippen MR) is 55.7 cm³/mol. The molecule has 2 atom stereocenters. The van der Waals surface area contributed by atoms with E-state index < -0.39 is 6.04 Å². The van der Waals surface area contributed by atoms with Gasteiger partial charge in [-0.2, -0.15) is 0 Å². The highest BCUT2D eigenvalue weighted by molar-refractivity contribution is 5.87. The van der Waals surface area contributed by atoms with E-state index in [1.807, 2.05) is 13.8 Å². The summed E-state index contributed by atoms with van der Waals surface area (Å²) in [4.78, 5) is 22.6. The van der Waals surface area contributed by atoms with Gasteiger partial charge in [0.15, 0.2) is 0 Å². The Labute approximate surface area is 85.4 Å². The lowest BCUT2D eigenvalue weighted by atomic mass is 9.98. The molecule has 0 saturated carbocycles. The molecule has 2 N–H and O–H groups in total. The Bertz CT molecular complexity index is 204. The van der Waals surface area contributed by atoms with Crippen LogP contribution in [0.2, 0.25) is 0 Å². The Hall–Kier alpha value is -1.06. The maximum Gasteiger partial charge on any atom is 0.242 e. The molecule has 2 amide bonds. The SMILES string of the molecule is CCC(=O)NC(C(=O)NC)C(C)CC. The molecule has 0 aromatic carbocycles. The summed E-state index contributed by atoms with van der Waals surface area (Å²) in [7, 11) is 1.58. The molecule has 0 saturated heterocycles. The molecule has 0 heterocycles. The molecule has 0 aromatic heterocycles. The largest absolute Gasteiger partial charge is 0.357 e. The van der Waals surface area contributed by atoms with Crippen molar-refractivity contribution in [3.63, 3.8) is 0 Å². The molecular weight excluding hydrogens is 180 g/mol. The van der Waals surface area contributed by atoms with Gasteiger partial charge in [-0.1, -0.05) is 27.2 Å². The van der Waals surface area contributed by atoms with Crippen molar-refractivity contribution in [2.24, 2.45) is 5.92 Å². The highest BCUT2D eigenvalue weighted by Crippen LogP contribution is 2.07. The van der Waals surface area contributed by atoms with E-state index >= 15 is 0 Å². The van der Waals surface area contributed by atoms with Crippen molar-refractivity contribution in [3.05, 3.63) is 0 Å². The second-order valence-electron chi connectivity index (χ2n) is 3.40. The fraction of sp³-hybridized carbons (Fsp3) is 0.800. The number of carbonyl (C=O) groups excluding carboxylic acids is 2. The summed E-state index contributed by atoms with van der Waals surface area (Å²) in [6, 6.07) is -0.405. The minimum absolute atomic E-state index is 0.0844. The average molecular weight is 200 g/mol. The normalized spacial score (nSPS) is 14.3. The van der Waals surface area contributed by atoms with E-state index in [0.717, 1.165) is 6.42 Å². The van der Waals surface area contributed by atoms with Gasteiger partial charge in [-0.05, 0) is 5.92 Å². The lowest BCUT2D eigenvalue weighted by Crippen LogP contribution is -2.49. The van der Waals surface area contributed by atoms with Crippen LogP contribution in [0.4, 0.5) is 0 Å². The Morgan fingerprint density at radius 1 is 1.29 bits per heavy atom. The van der Waals surface area contributed by atoms with Gasteiger partial charge in [0, 0.05) is 13.5 Å². The zero-order valence-corrected chi connectivity index (χ0v) is 9.39.